The molecule has 0 N–H and O–H groups in total. The van der Waals surface area contributed by atoms with Crippen molar-refractivity contribution in [3.05, 3.63) is 89.6 Å². The van der Waals surface area contributed by atoms with Crippen LogP contribution in [0.5, 0.6) is 0 Å². The Morgan fingerprint density at radius 1 is 1.05 bits per heavy atom. The van der Waals surface area contributed by atoms with Gasteiger partial charge in [-0.2, -0.15) is 0 Å². The molecule has 0 spiro atoms. The van der Waals surface area contributed by atoms with E-state index in [0.717, 1.165) is 16.0 Å². The summed E-state index contributed by atoms with van der Waals surface area (Å²) in [5.74, 6) is -0.594. The Bertz CT molecular complexity index is 1300. The number of hydrogen-bond acceptors (Lipinski definition) is 9. The van der Waals surface area contributed by atoms with E-state index < -0.39 is 42.3 Å². The Kier molecular flexibility index (Phi) is 10.3. The van der Waals surface area contributed by atoms with E-state index in [4.69, 9.17) is 18.6 Å². The van der Waals surface area contributed by atoms with E-state index in [1.807, 2.05) is 67.6 Å². The molecule has 1 saturated heterocycles. The van der Waals surface area contributed by atoms with E-state index in [2.05, 4.69) is 9.72 Å². The number of aryl methyl sites for hydroxylation is 1. The topological polar surface area (TPSA) is 117 Å². The number of rotatable bonds is 13. The first-order chi connectivity index (χ1) is 19.8. The lowest BCUT2D eigenvalue weighted by Gasteiger charge is -2.30. The molecule has 1 aliphatic heterocycles. The highest BCUT2D eigenvalue weighted by molar-refractivity contribution is 5.96. The van der Waals surface area contributed by atoms with Crippen molar-refractivity contribution < 1.29 is 37.7 Å². The van der Waals surface area contributed by atoms with E-state index in [9.17, 15) is 14.4 Å². The number of cyclic esters (lactones) is 1. The van der Waals surface area contributed by atoms with Crippen molar-refractivity contribution >= 4 is 18.0 Å². The van der Waals surface area contributed by atoms with Gasteiger partial charge in [-0.3, -0.25) is 4.79 Å². The molecule has 10 nitrogen and oxygen atoms in total. The third-order valence-electron chi connectivity index (χ3n) is 7.22. The van der Waals surface area contributed by atoms with Crippen molar-refractivity contribution in [3.8, 4) is 0 Å². The van der Waals surface area contributed by atoms with Gasteiger partial charge < -0.3 is 23.4 Å². The molecule has 2 heterocycles. The Morgan fingerprint density at radius 2 is 1.73 bits per heavy atom. The number of methoxy groups -OCH3 is 2. The van der Waals surface area contributed by atoms with Crippen LogP contribution in [-0.4, -0.2) is 60.3 Å². The molecule has 1 aromatic heterocycles. The smallest absolute Gasteiger partial charge is 0.417 e. The van der Waals surface area contributed by atoms with Crippen molar-refractivity contribution in [2.45, 2.75) is 64.1 Å². The lowest BCUT2D eigenvalue weighted by molar-refractivity contribution is -0.154. The zero-order valence-electron chi connectivity index (χ0n) is 23.7. The van der Waals surface area contributed by atoms with E-state index in [0.29, 0.717) is 25.2 Å². The van der Waals surface area contributed by atoms with Gasteiger partial charge in [0.1, 0.15) is 12.4 Å². The molecule has 41 heavy (non-hydrogen) atoms. The first-order valence-electron chi connectivity index (χ1n) is 13.6. The van der Waals surface area contributed by atoms with E-state index in [-0.39, 0.29) is 18.2 Å². The van der Waals surface area contributed by atoms with Gasteiger partial charge in [-0.05, 0) is 36.8 Å². The Morgan fingerprint density at radius 3 is 2.39 bits per heavy atom. The van der Waals surface area contributed by atoms with Crippen LogP contribution in [0.2, 0.25) is 0 Å². The molecule has 0 radical (unpaired) electrons. The van der Waals surface area contributed by atoms with Gasteiger partial charge in [0.05, 0.1) is 25.9 Å². The number of aromatic nitrogens is 1. The minimum atomic E-state index is -1.06. The van der Waals surface area contributed by atoms with Crippen LogP contribution in [0.25, 0.3) is 0 Å². The van der Waals surface area contributed by atoms with Gasteiger partial charge in [-0.15, -0.1) is 0 Å². The molecule has 10 heteroatoms. The minimum absolute atomic E-state index is 0.0593. The third-order valence-corrected chi connectivity index (χ3v) is 7.22. The van der Waals surface area contributed by atoms with Crippen molar-refractivity contribution in [3.63, 3.8) is 0 Å². The molecule has 1 fully saturated rings. The molecule has 2 aromatic carbocycles. The summed E-state index contributed by atoms with van der Waals surface area (Å²) in [6, 6.07) is 18.3. The molecule has 2 amide bonds. The lowest BCUT2D eigenvalue weighted by atomic mass is 9.94. The largest absolute Gasteiger partial charge is 0.464 e. The van der Waals surface area contributed by atoms with E-state index in [1.165, 1.54) is 20.5 Å². The summed E-state index contributed by atoms with van der Waals surface area (Å²) < 4.78 is 27.7. The zero-order valence-corrected chi connectivity index (χ0v) is 23.7. The Balaban J connectivity index is 1.48. The number of imide groups is 1. The van der Waals surface area contributed by atoms with Gasteiger partial charge in [-0.1, -0.05) is 67.6 Å². The van der Waals surface area contributed by atoms with E-state index in [1.54, 1.807) is 6.92 Å². The zero-order chi connectivity index (χ0) is 29.4. The van der Waals surface area contributed by atoms with Crippen LogP contribution < -0.4 is 0 Å². The number of carbonyl (C=O) groups excluding carboxylic acids is 3. The number of ether oxygens (including phenoxy) is 4. The van der Waals surface area contributed by atoms with E-state index >= 15 is 0 Å². The van der Waals surface area contributed by atoms with Crippen molar-refractivity contribution in [1.82, 2.24) is 9.88 Å². The van der Waals surface area contributed by atoms with Crippen LogP contribution in [0.1, 0.15) is 60.3 Å². The van der Waals surface area contributed by atoms with Crippen LogP contribution in [0, 0.1) is 5.92 Å². The predicted octanol–water partition coefficient (Wildman–Crippen LogP) is 5.13. The first kappa shape index (κ1) is 30.0. The standard InChI is InChI=1S/C31H36N2O8/c1-20(15-16-26-32-24(19-39-26)30(35)38-4)17-25(37-3)28(40-18-22-11-7-5-8-12-22)29(34)33-21(2)27(41-31(33)36)23-13-9-6-10-14-23/h5-14,19-21,25,27-28H,15-18H2,1-4H3/t20?,21?,25-,27+,28+/m0/s1. The predicted molar refractivity (Wildman–Crippen MR) is 148 cm³/mol. The molecular weight excluding hydrogens is 528 g/mol. The number of esters is 1. The molecule has 1 aliphatic rings. The summed E-state index contributed by atoms with van der Waals surface area (Å²) in [4.78, 5) is 43.9. The maximum atomic E-state index is 14.0. The second-order valence-corrected chi connectivity index (χ2v) is 10.2. The average molecular weight is 565 g/mol. The Labute approximate surface area is 239 Å². The van der Waals surface area contributed by atoms with Crippen molar-refractivity contribution in [2.24, 2.45) is 5.92 Å². The lowest BCUT2D eigenvalue weighted by Crippen LogP contribution is -2.50. The number of amides is 2. The molecule has 0 saturated carbocycles. The SMILES string of the molecule is COC(=O)c1coc(CCC(C)C[C@H](OC)[C@@H](OCc2ccccc2)C(=O)N2C(=O)O[C@@H](c3ccccc3)C2C)n1. The third kappa shape index (κ3) is 7.39. The highest BCUT2D eigenvalue weighted by Gasteiger charge is 2.47. The monoisotopic (exact) mass is 564 g/mol. The number of nitrogens with zero attached hydrogens (tertiary/aromatic N) is 2. The highest BCUT2D eigenvalue weighted by atomic mass is 16.6. The number of oxazole rings is 1. The van der Waals surface area contributed by atoms with Crippen LogP contribution >= 0.6 is 0 Å². The minimum Gasteiger partial charge on any atom is -0.464 e. The number of hydrogen-bond donors (Lipinski definition) is 0. The summed E-state index contributed by atoms with van der Waals surface area (Å²) in [5, 5.41) is 0. The molecule has 0 aliphatic carbocycles. The van der Waals surface area contributed by atoms with Crippen LogP contribution in [-0.2, 0) is 36.8 Å². The van der Waals surface area contributed by atoms with Gasteiger partial charge >= 0.3 is 12.1 Å². The molecule has 218 valence electrons. The Hall–Kier alpha value is -4.02. The van der Waals surface area contributed by atoms with Crippen LogP contribution in [0.4, 0.5) is 4.79 Å². The molecule has 3 aromatic rings. The molecule has 0 bridgehead atoms. The van der Waals surface area contributed by atoms with Gasteiger partial charge in [0, 0.05) is 13.5 Å². The fourth-order valence-corrected chi connectivity index (χ4v) is 4.93. The van der Waals surface area contributed by atoms with Crippen LogP contribution in [0.15, 0.2) is 71.3 Å². The fraction of sp³-hybridized carbons (Fsp3) is 0.419. The maximum absolute atomic E-state index is 14.0. The summed E-state index contributed by atoms with van der Waals surface area (Å²) in [7, 11) is 2.81. The maximum Gasteiger partial charge on any atom is 0.417 e. The average Bonchev–Trinajstić information content (AvgIpc) is 3.59. The van der Waals surface area contributed by atoms with Gasteiger partial charge in [0.15, 0.2) is 17.7 Å². The summed E-state index contributed by atoms with van der Waals surface area (Å²) in [5.41, 5.74) is 1.81. The number of benzene rings is 2. The fourth-order valence-electron chi connectivity index (χ4n) is 4.93. The van der Waals surface area contributed by atoms with Crippen molar-refractivity contribution in [2.75, 3.05) is 14.2 Å². The van der Waals surface area contributed by atoms with Crippen molar-refractivity contribution in [1.29, 1.82) is 0 Å². The number of carbonyl (C=O) groups is 3. The normalized spacial score (nSPS) is 18.9. The summed E-state index contributed by atoms with van der Waals surface area (Å²) in [6.07, 6.45) is -0.131. The molecular formula is C31H36N2O8. The second kappa shape index (κ2) is 14.0. The molecule has 2 unspecified atom stereocenters. The van der Waals surface area contributed by atoms with Gasteiger partial charge in [0.2, 0.25) is 0 Å². The van der Waals surface area contributed by atoms with Gasteiger partial charge in [0.25, 0.3) is 5.91 Å². The summed E-state index contributed by atoms with van der Waals surface area (Å²) in [6.45, 7) is 3.97. The van der Waals surface area contributed by atoms with Gasteiger partial charge in [-0.25, -0.2) is 19.5 Å². The quantitative estimate of drug-likeness (QED) is 0.260. The summed E-state index contributed by atoms with van der Waals surface area (Å²) >= 11 is 0. The first-order valence-corrected chi connectivity index (χ1v) is 13.6. The molecule has 4 rings (SSSR count). The second-order valence-electron chi connectivity index (χ2n) is 10.2. The highest BCUT2D eigenvalue weighted by Crippen LogP contribution is 2.34. The molecule has 5 atom stereocenters. The van der Waals surface area contributed by atoms with Crippen LogP contribution in [0.3, 0.4) is 0 Å².